The van der Waals surface area contributed by atoms with Crippen LogP contribution in [0.2, 0.25) is 0 Å². The minimum atomic E-state index is -0.302. The fraction of sp³-hybridized carbons (Fsp3) is 0.0417. The summed E-state index contributed by atoms with van der Waals surface area (Å²) in [6.45, 7) is 1.75. The molecular formula is C24H20N4O2. The molecule has 1 aromatic heterocycles. The molecule has 0 fully saturated rings. The second-order valence-electron chi connectivity index (χ2n) is 6.54. The Labute approximate surface area is 174 Å². The van der Waals surface area contributed by atoms with Crippen molar-refractivity contribution in [3.8, 4) is 11.5 Å². The molecule has 0 aliphatic rings. The fourth-order valence-electron chi connectivity index (χ4n) is 2.88. The van der Waals surface area contributed by atoms with E-state index in [1.54, 1.807) is 13.0 Å². The Balaban J connectivity index is 1.56. The Morgan fingerprint density at radius 1 is 0.833 bits per heavy atom. The highest BCUT2D eigenvalue weighted by atomic mass is 16.5. The molecule has 6 nitrogen and oxygen atoms in total. The standard InChI is InChI=1S/C24H20N4O2/c1-17-25-21(24(29)27-18-10-4-2-5-11-18)16-23(26-17)28-20-14-8-9-15-22(20)30-19-12-6-3-7-13-19/h2-16H,1H3,(H,27,29)(H,25,26,28). The largest absolute Gasteiger partial charge is 0.455 e. The molecule has 0 saturated carbocycles. The summed E-state index contributed by atoms with van der Waals surface area (Å²) in [7, 11) is 0. The lowest BCUT2D eigenvalue weighted by molar-refractivity contribution is 0.102. The molecule has 4 aromatic rings. The number of ether oxygens (including phenoxy) is 1. The van der Waals surface area contributed by atoms with E-state index in [1.165, 1.54) is 0 Å². The van der Waals surface area contributed by atoms with Crippen molar-refractivity contribution < 1.29 is 9.53 Å². The summed E-state index contributed by atoms with van der Waals surface area (Å²) in [6.07, 6.45) is 0. The molecule has 0 spiro atoms. The molecular weight excluding hydrogens is 376 g/mol. The number of para-hydroxylation sites is 4. The molecule has 0 aliphatic carbocycles. The number of hydrogen-bond donors (Lipinski definition) is 2. The lowest BCUT2D eigenvalue weighted by atomic mass is 10.2. The molecule has 6 heteroatoms. The van der Waals surface area contributed by atoms with Gasteiger partial charge in [0.25, 0.3) is 5.91 Å². The van der Waals surface area contributed by atoms with E-state index in [4.69, 9.17) is 4.74 Å². The number of aromatic nitrogens is 2. The smallest absolute Gasteiger partial charge is 0.274 e. The maximum Gasteiger partial charge on any atom is 0.274 e. The van der Waals surface area contributed by atoms with E-state index in [-0.39, 0.29) is 11.6 Å². The van der Waals surface area contributed by atoms with Gasteiger partial charge in [-0.25, -0.2) is 9.97 Å². The van der Waals surface area contributed by atoms with Crippen LogP contribution in [0, 0.1) is 6.92 Å². The number of hydrogen-bond acceptors (Lipinski definition) is 5. The Hall–Kier alpha value is -4.19. The van der Waals surface area contributed by atoms with Crippen molar-refractivity contribution in [2.24, 2.45) is 0 Å². The predicted octanol–water partition coefficient (Wildman–Crippen LogP) is 5.57. The topological polar surface area (TPSA) is 76.1 Å². The molecule has 30 heavy (non-hydrogen) atoms. The number of amides is 1. The van der Waals surface area contributed by atoms with Gasteiger partial charge in [-0.05, 0) is 43.3 Å². The van der Waals surface area contributed by atoms with Gasteiger partial charge in [-0.3, -0.25) is 4.79 Å². The average Bonchev–Trinajstić information content (AvgIpc) is 2.76. The second-order valence-corrected chi connectivity index (χ2v) is 6.54. The van der Waals surface area contributed by atoms with Gasteiger partial charge in [-0.1, -0.05) is 48.5 Å². The number of carbonyl (C=O) groups excluding carboxylic acids is 1. The van der Waals surface area contributed by atoms with Gasteiger partial charge in [0, 0.05) is 11.8 Å². The summed E-state index contributed by atoms with van der Waals surface area (Å²) in [6, 6.07) is 28.0. The summed E-state index contributed by atoms with van der Waals surface area (Å²) in [5.41, 5.74) is 1.71. The average molecular weight is 396 g/mol. The molecule has 0 saturated heterocycles. The fourth-order valence-corrected chi connectivity index (χ4v) is 2.88. The monoisotopic (exact) mass is 396 g/mol. The number of aryl methyl sites for hydroxylation is 1. The van der Waals surface area contributed by atoms with Crippen LogP contribution < -0.4 is 15.4 Å². The molecule has 1 amide bonds. The first-order chi connectivity index (χ1) is 14.7. The zero-order valence-electron chi connectivity index (χ0n) is 16.4. The lowest BCUT2D eigenvalue weighted by Crippen LogP contribution is -2.15. The number of carbonyl (C=O) groups is 1. The van der Waals surface area contributed by atoms with E-state index in [0.717, 1.165) is 11.4 Å². The Morgan fingerprint density at radius 3 is 2.27 bits per heavy atom. The highest BCUT2D eigenvalue weighted by molar-refractivity contribution is 6.03. The number of rotatable bonds is 6. The van der Waals surface area contributed by atoms with Crippen LogP contribution in [0.4, 0.5) is 17.2 Å². The molecule has 1 heterocycles. The van der Waals surface area contributed by atoms with Crippen molar-refractivity contribution >= 4 is 23.1 Å². The van der Waals surface area contributed by atoms with E-state index >= 15 is 0 Å². The van der Waals surface area contributed by atoms with Crippen molar-refractivity contribution in [3.63, 3.8) is 0 Å². The molecule has 0 bridgehead atoms. The van der Waals surface area contributed by atoms with Crippen LogP contribution in [-0.2, 0) is 0 Å². The summed E-state index contributed by atoms with van der Waals surface area (Å²) in [4.78, 5) is 21.3. The molecule has 3 aromatic carbocycles. The van der Waals surface area contributed by atoms with Crippen LogP contribution in [0.5, 0.6) is 11.5 Å². The van der Waals surface area contributed by atoms with Crippen LogP contribution >= 0.6 is 0 Å². The number of benzene rings is 3. The zero-order chi connectivity index (χ0) is 20.8. The van der Waals surface area contributed by atoms with E-state index in [9.17, 15) is 4.79 Å². The highest BCUT2D eigenvalue weighted by Gasteiger charge is 2.12. The first-order valence-corrected chi connectivity index (χ1v) is 9.48. The van der Waals surface area contributed by atoms with Crippen LogP contribution in [0.25, 0.3) is 0 Å². The Morgan fingerprint density at radius 2 is 1.50 bits per heavy atom. The molecule has 2 N–H and O–H groups in total. The lowest BCUT2D eigenvalue weighted by Gasteiger charge is -2.13. The third-order valence-corrected chi connectivity index (χ3v) is 4.22. The van der Waals surface area contributed by atoms with Gasteiger partial charge in [-0.2, -0.15) is 0 Å². The molecule has 0 aliphatic heterocycles. The Kier molecular flexibility index (Phi) is 5.66. The minimum absolute atomic E-state index is 0.273. The molecule has 0 radical (unpaired) electrons. The maximum atomic E-state index is 12.6. The van der Waals surface area contributed by atoms with Gasteiger partial charge in [0.15, 0.2) is 5.75 Å². The SMILES string of the molecule is Cc1nc(Nc2ccccc2Oc2ccccc2)cc(C(=O)Nc2ccccc2)n1. The van der Waals surface area contributed by atoms with Crippen LogP contribution in [0.3, 0.4) is 0 Å². The van der Waals surface area contributed by atoms with Gasteiger partial charge < -0.3 is 15.4 Å². The number of nitrogens with zero attached hydrogens (tertiary/aromatic N) is 2. The zero-order valence-corrected chi connectivity index (χ0v) is 16.4. The number of nitrogens with one attached hydrogen (secondary N) is 2. The Bertz CT molecular complexity index is 1150. The van der Waals surface area contributed by atoms with Gasteiger partial charge >= 0.3 is 0 Å². The van der Waals surface area contributed by atoms with Crippen molar-refractivity contribution in [1.29, 1.82) is 0 Å². The van der Waals surface area contributed by atoms with E-state index in [1.807, 2.05) is 84.9 Å². The van der Waals surface area contributed by atoms with Gasteiger partial charge in [0.2, 0.25) is 0 Å². The highest BCUT2D eigenvalue weighted by Crippen LogP contribution is 2.31. The predicted molar refractivity (Wildman–Crippen MR) is 117 cm³/mol. The van der Waals surface area contributed by atoms with Crippen LogP contribution in [0.15, 0.2) is 91.0 Å². The van der Waals surface area contributed by atoms with E-state index in [0.29, 0.717) is 23.1 Å². The number of anilines is 3. The minimum Gasteiger partial charge on any atom is -0.455 e. The second kappa shape index (κ2) is 8.87. The maximum absolute atomic E-state index is 12.6. The first-order valence-electron chi connectivity index (χ1n) is 9.48. The normalized spacial score (nSPS) is 10.3. The van der Waals surface area contributed by atoms with E-state index < -0.39 is 0 Å². The van der Waals surface area contributed by atoms with Gasteiger partial charge in [-0.15, -0.1) is 0 Å². The quantitative estimate of drug-likeness (QED) is 0.445. The van der Waals surface area contributed by atoms with Crippen molar-refractivity contribution in [1.82, 2.24) is 9.97 Å². The van der Waals surface area contributed by atoms with Crippen molar-refractivity contribution in [2.45, 2.75) is 6.92 Å². The first kappa shape index (κ1) is 19.1. The third-order valence-electron chi connectivity index (χ3n) is 4.22. The molecule has 148 valence electrons. The third kappa shape index (κ3) is 4.80. The molecule has 4 rings (SSSR count). The summed E-state index contributed by atoms with van der Waals surface area (Å²) < 4.78 is 5.98. The molecule has 0 atom stereocenters. The summed E-state index contributed by atoms with van der Waals surface area (Å²) >= 11 is 0. The van der Waals surface area contributed by atoms with Crippen molar-refractivity contribution in [2.75, 3.05) is 10.6 Å². The summed E-state index contributed by atoms with van der Waals surface area (Å²) in [5, 5.41) is 6.08. The van der Waals surface area contributed by atoms with Gasteiger partial charge in [0.1, 0.15) is 23.1 Å². The van der Waals surface area contributed by atoms with E-state index in [2.05, 4.69) is 20.6 Å². The van der Waals surface area contributed by atoms with Crippen molar-refractivity contribution in [3.05, 3.63) is 103 Å². The van der Waals surface area contributed by atoms with Crippen LogP contribution in [-0.4, -0.2) is 15.9 Å². The van der Waals surface area contributed by atoms with Gasteiger partial charge in [0.05, 0.1) is 5.69 Å². The van der Waals surface area contributed by atoms with Crippen LogP contribution in [0.1, 0.15) is 16.3 Å². The summed E-state index contributed by atoms with van der Waals surface area (Å²) in [5.74, 6) is 2.07. The molecule has 0 unspecified atom stereocenters.